The molecule has 0 aliphatic carbocycles. The first-order valence-electron chi connectivity index (χ1n) is 4.17. The molecule has 4 N–H and O–H groups in total. The molecule has 0 saturated heterocycles. The van der Waals surface area contributed by atoms with E-state index in [9.17, 15) is 0 Å². The standard InChI is InChI=1S/C8H14N4O/c1-2-4-8(9,10)13-7-3-5-11-6-12-7/h3,5-6H,2,4,9-10H2,1H3. The second-order valence-corrected chi connectivity index (χ2v) is 2.85. The van der Waals surface area contributed by atoms with Crippen LogP contribution in [0.1, 0.15) is 19.8 Å². The summed E-state index contributed by atoms with van der Waals surface area (Å²) in [6, 6.07) is 1.62. The fraction of sp³-hybridized carbons (Fsp3) is 0.500. The minimum atomic E-state index is -1.14. The molecule has 0 saturated carbocycles. The lowest BCUT2D eigenvalue weighted by Crippen LogP contribution is -2.54. The lowest BCUT2D eigenvalue weighted by molar-refractivity contribution is 0.0667. The van der Waals surface area contributed by atoms with Gasteiger partial charge in [0.1, 0.15) is 6.33 Å². The topological polar surface area (TPSA) is 87.0 Å². The molecule has 72 valence electrons. The zero-order valence-electron chi connectivity index (χ0n) is 7.60. The lowest BCUT2D eigenvalue weighted by Gasteiger charge is -2.24. The summed E-state index contributed by atoms with van der Waals surface area (Å²) in [5, 5.41) is 0. The molecule has 0 radical (unpaired) electrons. The van der Waals surface area contributed by atoms with Crippen LogP contribution in [0.5, 0.6) is 5.88 Å². The van der Waals surface area contributed by atoms with Crippen LogP contribution in [0.15, 0.2) is 18.6 Å². The normalized spacial score (nSPS) is 11.3. The number of hydrogen-bond donors (Lipinski definition) is 2. The largest absolute Gasteiger partial charge is 0.443 e. The minimum absolute atomic E-state index is 0.397. The highest BCUT2D eigenvalue weighted by molar-refractivity contribution is 5.05. The molecule has 1 rings (SSSR count). The third kappa shape index (κ3) is 3.35. The Balaban J connectivity index is 2.58. The van der Waals surface area contributed by atoms with Crippen LogP contribution < -0.4 is 16.2 Å². The van der Waals surface area contributed by atoms with Gasteiger partial charge >= 0.3 is 0 Å². The van der Waals surface area contributed by atoms with Gasteiger partial charge in [0.15, 0.2) is 0 Å². The van der Waals surface area contributed by atoms with Crippen molar-refractivity contribution in [1.82, 2.24) is 9.97 Å². The van der Waals surface area contributed by atoms with E-state index in [1.54, 1.807) is 12.3 Å². The number of aromatic nitrogens is 2. The van der Waals surface area contributed by atoms with E-state index < -0.39 is 5.85 Å². The van der Waals surface area contributed by atoms with Gasteiger partial charge in [0.2, 0.25) is 11.7 Å². The molecule has 1 aromatic heterocycles. The summed E-state index contributed by atoms with van der Waals surface area (Å²) in [7, 11) is 0. The Morgan fingerprint density at radius 3 is 2.85 bits per heavy atom. The third-order valence-corrected chi connectivity index (χ3v) is 1.49. The highest BCUT2D eigenvalue weighted by Gasteiger charge is 2.19. The number of nitrogens with zero attached hydrogens (tertiary/aromatic N) is 2. The second kappa shape index (κ2) is 4.15. The molecule has 0 aliphatic rings. The number of ether oxygens (including phenoxy) is 1. The van der Waals surface area contributed by atoms with Gasteiger partial charge in [0.05, 0.1) is 0 Å². The van der Waals surface area contributed by atoms with Crippen molar-refractivity contribution in [2.75, 3.05) is 0 Å². The van der Waals surface area contributed by atoms with Crippen molar-refractivity contribution in [3.8, 4) is 5.88 Å². The van der Waals surface area contributed by atoms with Gasteiger partial charge < -0.3 is 4.74 Å². The smallest absolute Gasteiger partial charge is 0.219 e. The van der Waals surface area contributed by atoms with Gasteiger partial charge in [-0.2, -0.15) is 0 Å². The summed E-state index contributed by atoms with van der Waals surface area (Å²) in [5.74, 6) is -0.739. The SMILES string of the molecule is CCCC(N)(N)Oc1ccncn1. The van der Waals surface area contributed by atoms with Crippen LogP contribution in [0.25, 0.3) is 0 Å². The Kier molecular flexibility index (Phi) is 3.16. The molecule has 5 heteroatoms. The molecule has 0 atom stereocenters. The Hall–Kier alpha value is -1.20. The summed E-state index contributed by atoms with van der Waals surface area (Å²) in [5.41, 5.74) is 11.3. The Bertz CT molecular complexity index is 250. The Labute approximate surface area is 77.1 Å². The summed E-state index contributed by atoms with van der Waals surface area (Å²) >= 11 is 0. The molecule has 5 nitrogen and oxygen atoms in total. The van der Waals surface area contributed by atoms with E-state index in [0.29, 0.717) is 12.3 Å². The van der Waals surface area contributed by atoms with Gasteiger partial charge in [0.25, 0.3) is 0 Å². The average Bonchev–Trinajstić information content (AvgIpc) is 2.04. The fourth-order valence-corrected chi connectivity index (χ4v) is 0.975. The van der Waals surface area contributed by atoms with Crippen LogP contribution in [0.2, 0.25) is 0 Å². The summed E-state index contributed by atoms with van der Waals surface area (Å²) in [4.78, 5) is 7.60. The Morgan fingerprint density at radius 2 is 2.31 bits per heavy atom. The predicted octanol–water partition coefficient (Wildman–Crippen LogP) is 0.227. The van der Waals surface area contributed by atoms with Crippen molar-refractivity contribution < 1.29 is 4.74 Å². The molecule has 0 spiro atoms. The maximum atomic E-state index is 5.65. The van der Waals surface area contributed by atoms with Crippen LogP contribution >= 0.6 is 0 Å². The quantitative estimate of drug-likeness (QED) is 0.651. The second-order valence-electron chi connectivity index (χ2n) is 2.85. The van der Waals surface area contributed by atoms with Crippen molar-refractivity contribution in [2.45, 2.75) is 25.6 Å². The van der Waals surface area contributed by atoms with Crippen LogP contribution in [0.4, 0.5) is 0 Å². The fourth-order valence-electron chi connectivity index (χ4n) is 0.975. The van der Waals surface area contributed by atoms with Crippen molar-refractivity contribution in [2.24, 2.45) is 11.5 Å². The van der Waals surface area contributed by atoms with E-state index in [1.165, 1.54) is 6.33 Å². The van der Waals surface area contributed by atoms with Crippen LogP contribution in [0, 0.1) is 0 Å². The maximum Gasteiger partial charge on any atom is 0.219 e. The summed E-state index contributed by atoms with van der Waals surface area (Å²) < 4.78 is 5.25. The number of nitrogens with two attached hydrogens (primary N) is 2. The molecule has 0 amide bonds. The summed E-state index contributed by atoms with van der Waals surface area (Å²) in [6.07, 6.45) is 4.40. The monoisotopic (exact) mass is 182 g/mol. The van der Waals surface area contributed by atoms with E-state index in [1.807, 2.05) is 6.92 Å². The van der Waals surface area contributed by atoms with E-state index in [2.05, 4.69) is 9.97 Å². The van der Waals surface area contributed by atoms with E-state index in [0.717, 1.165) is 6.42 Å². The first-order chi connectivity index (χ1) is 6.14. The molecular weight excluding hydrogens is 168 g/mol. The molecule has 0 aliphatic heterocycles. The van der Waals surface area contributed by atoms with Gasteiger partial charge in [0, 0.05) is 18.7 Å². The van der Waals surface area contributed by atoms with Gasteiger partial charge in [-0.25, -0.2) is 9.97 Å². The third-order valence-electron chi connectivity index (χ3n) is 1.49. The van der Waals surface area contributed by atoms with E-state index in [-0.39, 0.29) is 0 Å². The van der Waals surface area contributed by atoms with Gasteiger partial charge in [-0.1, -0.05) is 6.92 Å². The molecule has 0 bridgehead atoms. The predicted molar refractivity (Wildman–Crippen MR) is 48.7 cm³/mol. The first kappa shape index (κ1) is 9.88. The molecule has 0 fully saturated rings. The van der Waals surface area contributed by atoms with Gasteiger partial charge in [-0.15, -0.1) is 0 Å². The lowest BCUT2D eigenvalue weighted by atomic mass is 10.2. The molecule has 1 aromatic rings. The average molecular weight is 182 g/mol. The van der Waals surface area contributed by atoms with Crippen molar-refractivity contribution >= 4 is 0 Å². The van der Waals surface area contributed by atoms with Crippen LogP contribution in [0.3, 0.4) is 0 Å². The van der Waals surface area contributed by atoms with E-state index >= 15 is 0 Å². The summed E-state index contributed by atoms with van der Waals surface area (Å²) in [6.45, 7) is 1.98. The molecule has 13 heavy (non-hydrogen) atoms. The van der Waals surface area contributed by atoms with Crippen molar-refractivity contribution in [1.29, 1.82) is 0 Å². The van der Waals surface area contributed by atoms with Crippen LogP contribution in [-0.2, 0) is 0 Å². The van der Waals surface area contributed by atoms with Crippen LogP contribution in [-0.4, -0.2) is 15.8 Å². The molecular formula is C8H14N4O. The zero-order chi connectivity index (χ0) is 9.73. The minimum Gasteiger partial charge on any atom is -0.443 e. The number of rotatable bonds is 4. The highest BCUT2D eigenvalue weighted by atomic mass is 16.5. The first-order valence-corrected chi connectivity index (χ1v) is 4.17. The van der Waals surface area contributed by atoms with Crippen molar-refractivity contribution in [3.05, 3.63) is 18.6 Å². The van der Waals surface area contributed by atoms with Gasteiger partial charge in [-0.3, -0.25) is 11.5 Å². The van der Waals surface area contributed by atoms with E-state index in [4.69, 9.17) is 16.2 Å². The number of hydrogen-bond acceptors (Lipinski definition) is 5. The highest BCUT2D eigenvalue weighted by Crippen LogP contribution is 2.10. The molecule has 1 heterocycles. The molecule has 0 unspecified atom stereocenters. The zero-order valence-corrected chi connectivity index (χ0v) is 7.60. The Morgan fingerprint density at radius 1 is 1.54 bits per heavy atom. The van der Waals surface area contributed by atoms with Crippen molar-refractivity contribution in [3.63, 3.8) is 0 Å². The molecule has 0 aromatic carbocycles. The van der Waals surface area contributed by atoms with Gasteiger partial charge in [-0.05, 0) is 6.42 Å². The maximum absolute atomic E-state index is 5.65.